The fraction of sp³-hybridized carbons (Fsp3) is 0.333. The number of nitrogens with one attached hydrogen (secondary N) is 1. The molecule has 0 saturated heterocycles. The van der Waals surface area contributed by atoms with Gasteiger partial charge in [0, 0.05) is 0 Å². The molecule has 82 valence electrons. The van der Waals surface area contributed by atoms with Crippen LogP contribution in [0.2, 0.25) is 0 Å². The van der Waals surface area contributed by atoms with Crippen molar-refractivity contribution in [3.63, 3.8) is 0 Å². The van der Waals surface area contributed by atoms with Crippen molar-refractivity contribution in [2.75, 3.05) is 13.7 Å². The quantitative estimate of drug-likeness (QED) is 0.681. The number of methoxy groups -OCH3 is 1. The van der Waals surface area contributed by atoms with Crippen molar-refractivity contribution >= 4 is 11.9 Å². The molecule has 1 heterocycles. The van der Waals surface area contributed by atoms with Gasteiger partial charge in [-0.3, -0.25) is 10.1 Å². The highest BCUT2D eigenvalue weighted by atomic mass is 16.5. The van der Waals surface area contributed by atoms with Gasteiger partial charge in [-0.1, -0.05) is 0 Å². The van der Waals surface area contributed by atoms with Crippen LogP contribution >= 0.6 is 0 Å². The second-order valence-electron chi connectivity index (χ2n) is 2.74. The van der Waals surface area contributed by atoms with E-state index in [9.17, 15) is 9.59 Å². The van der Waals surface area contributed by atoms with E-state index in [2.05, 4.69) is 10.1 Å². The van der Waals surface area contributed by atoms with Crippen LogP contribution in [0.25, 0.3) is 0 Å². The lowest BCUT2D eigenvalue weighted by atomic mass is 10.2. The van der Waals surface area contributed by atoms with Crippen LogP contribution in [0.3, 0.4) is 0 Å². The molecule has 6 heteroatoms. The number of rotatable bonds is 5. The summed E-state index contributed by atoms with van der Waals surface area (Å²) in [6, 6.07) is 1.36. The van der Waals surface area contributed by atoms with Gasteiger partial charge in [0.2, 0.25) is 0 Å². The molecular formula is C9H11NO5. The van der Waals surface area contributed by atoms with Crippen molar-refractivity contribution in [3.8, 4) is 0 Å². The van der Waals surface area contributed by atoms with Crippen molar-refractivity contribution < 1.29 is 23.8 Å². The summed E-state index contributed by atoms with van der Waals surface area (Å²) in [5.41, 5.74) is 0.0902. The molecule has 1 aromatic heterocycles. The van der Waals surface area contributed by atoms with E-state index in [0.29, 0.717) is 0 Å². The zero-order chi connectivity index (χ0) is 11.3. The third kappa shape index (κ3) is 3.10. The van der Waals surface area contributed by atoms with Crippen LogP contribution in [0.4, 0.5) is 0 Å². The van der Waals surface area contributed by atoms with Crippen LogP contribution in [0.1, 0.15) is 16.1 Å². The molecular weight excluding hydrogens is 202 g/mol. The topological polar surface area (TPSA) is 88.8 Å². The normalized spacial score (nSPS) is 9.93. The predicted octanol–water partition coefficient (Wildman–Crippen LogP) is 0.240. The first-order valence-corrected chi connectivity index (χ1v) is 4.22. The van der Waals surface area contributed by atoms with Gasteiger partial charge in [0.25, 0.3) is 0 Å². The molecule has 1 aromatic rings. The molecule has 1 rings (SSSR count). The Balaban J connectivity index is 2.47. The van der Waals surface area contributed by atoms with Crippen molar-refractivity contribution in [1.29, 1.82) is 0 Å². The average Bonchev–Trinajstić information content (AvgIpc) is 2.65. The first-order valence-electron chi connectivity index (χ1n) is 4.22. The van der Waals surface area contributed by atoms with E-state index in [4.69, 9.17) is 9.52 Å². The van der Waals surface area contributed by atoms with E-state index >= 15 is 0 Å². The minimum atomic E-state index is -1.06. The minimum absolute atomic E-state index is 0.0102. The number of ether oxygens (including phenoxy) is 1. The summed E-state index contributed by atoms with van der Waals surface area (Å²) in [5, 5.41) is 11.4. The van der Waals surface area contributed by atoms with E-state index in [1.54, 1.807) is 0 Å². The van der Waals surface area contributed by atoms with Gasteiger partial charge in [-0.2, -0.15) is 0 Å². The Hall–Kier alpha value is -1.82. The second-order valence-corrected chi connectivity index (χ2v) is 2.74. The molecule has 2 N–H and O–H groups in total. The molecule has 0 radical (unpaired) electrons. The van der Waals surface area contributed by atoms with E-state index < -0.39 is 11.9 Å². The van der Waals surface area contributed by atoms with Crippen LogP contribution in [0.5, 0.6) is 0 Å². The van der Waals surface area contributed by atoms with Crippen LogP contribution in [-0.2, 0) is 16.1 Å². The lowest BCUT2D eigenvalue weighted by Gasteiger charge is -2.01. The molecule has 6 nitrogen and oxygen atoms in total. The Labute approximate surface area is 85.8 Å². The SMILES string of the molecule is COC(=O)CNCc1occc1C(=O)O. The maximum atomic E-state index is 10.7. The number of hydrogen-bond donors (Lipinski definition) is 2. The third-order valence-corrected chi connectivity index (χ3v) is 1.76. The highest BCUT2D eigenvalue weighted by Gasteiger charge is 2.12. The Kier molecular flexibility index (Phi) is 3.87. The zero-order valence-electron chi connectivity index (χ0n) is 8.15. The first-order chi connectivity index (χ1) is 7.15. The van der Waals surface area contributed by atoms with E-state index in [-0.39, 0.29) is 24.4 Å². The number of furan rings is 1. The summed E-state index contributed by atoms with van der Waals surface area (Å²) in [6.07, 6.45) is 1.29. The molecule has 0 atom stereocenters. The maximum Gasteiger partial charge on any atom is 0.339 e. The third-order valence-electron chi connectivity index (χ3n) is 1.76. The fourth-order valence-electron chi connectivity index (χ4n) is 1.02. The highest BCUT2D eigenvalue weighted by molar-refractivity contribution is 5.88. The standard InChI is InChI=1S/C9H11NO5/c1-14-8(11)5-10-4-7-6(9(12)13)2-3-15-7/h2-3,10H,4-5H2,1H3,(H,12,13). The largest absolute Gasteiger partial charge is 0.478 e. The van der Waals surface area contributed by atoms with Crippen LogP contribution in [-0.4, -0.2) is 30.7 Å². The summed E-state index contributed by atoms with van der Waals surface area (Å²) in [6.45, 7) is 0.181. The van der Waals surface area contributed by atoms with Gasteiger partial charge in [0.05, 0.1) is 26.5 Å². The van der Waals surface area contributed by atoms with Gasteiger partial charge in [-0.25, -0.2) is 4.79 Å². The molecule has 0 aliphatic carbocycles. The number of aromatic carboxylic acids is 1. The summed E-state index contributed by atoms with van der Waals surface area (Å²) >= 11 is 0. The van der Waals surface area contributed by atoms with Gasteiger partial charge in [0.1, 0.15) is 11.3 Å². The van der Waals surface area contributed by atoms with Crippen LogP contribution < -0.4 is 5.32 Å². The average molecular weight is 213 g/mol. The van der Waals surface area contributed by atoms with E-state index in [1.807, 2.05) is 0 Å². The van der Waals surface area contributed by atoms with Crippen LogP contribution in [0.15, 0.2) is 16.7 Å². The Morgan fingerprint density at radius 2 is 2.33 bits per heavy atom. The van der Waals surface area contributed by atoms with E-state index in [0.717, 1.165) is 0 Å². The molecule has 0 bridgehead atoms. The molecule has 0 amide bonds. The van der Waals surface area contributed by atoms with Crippen molar-refractivity contribution in [2.24, 2.45) is 0 Å². The smallest absolute Gasteiger partial charge is 0.339 e. The summed E-state index contributed by atoms with van der Waals surface area (Å²) in [5.74, 6) is -1.19. The Morgan fingerprint density at radius 3 is 2.93 bits per heavy atom. The van der Waals surface area contributed by atoms with E-state index in [1.165, 1.54) is 19.4 Å². The molecule has 0 aromatic carbocycles. The van der Waals surface area contributed by atoms with Crippen molar-refractivity contribution in [3.05, 3.63) is 23.7 Å². The summed E-state index contributed by atoms with van der Waals surface area (Å²) in [7, 11) is 1.28. The van der Waals surface area contributed by atoms with Crippen molar-refractivity contribution in [1.82, 2.24) is 5.32 Å². The number of carbonyl (C=O) groups excluding carboxylic acids is 1. The second kappa shape index (κ2) is 5.16. The zero-order valence-corrected chi connectivity index (χ0v) is 8.15. The molecule has 15 heavy (non-hydrogen) atoms. The van der Waals surface area contributed by atoms with Crippen molar-refractivity contribution in [2.45, 2.75) is 6.54 Å². The number of carbonyl (C=O) groups is 2. The minimum Gasteiger partial charge on any atom is -0.478 e. The molecule has 0 saturated carbocycles. The lowest BCUT2D eigenvalue weighted by Crippen LogP contribution is -2.23. The molecule has 0 spiro atoms. The Bertz CT molecular complexity index is 357. The van der Waals surface area contributed by atoms with Gasteiger partial charge in [0.15, 0.2) is 0 Å². The molecule has 0 aliphatic rings. The van der Waals surface area contributed by atoms with Gasteiger partial charge < -0.3 is 14.3 Å². The number of hydrogen-bond acceptors (Lipinski definition) is 5. The fourth-order valence-corrected chi connectivity index (χ4v) is 1.02. The molecule has 0 aliphatic heterocycles. The first kappa shape index (κ1) is 11.3. The van der Waals surface area contributed by atoms with Gasteiger partial charge >= 0.3 is 11.9 Å². The monoisotopic (exact) mass is 213 g/mol. The lowest BCUT2D eigenvalue weighted by molar-refractivity contribution is -0.139. The van der Waals surface area contributed by atoms with Crippen LogP contribution in [0, 0.1) is 0 Å². The number of carboxylic acids is 1. The van der Waals surface area contributed by atoms with Gasteiger partial charge in [-0.05, 0) is 6.07 Å². The summed E-state index contributed by atoms with van der Waals surface area (Å²) < 4.78 is 9.34. The Morgan fingerprint density at radius 1 is 1.60 bits per heavy atom. The molecule has 0 fully saturated rings. The maximum absolute atomic E-state index is 10.7. The number of carboxylic acid groups (broad SMARTS) is 1. The summed E-state index contributed by atoms with van der Waals surface area (Å²) in [4.78, 5) is 21.4. The highest BCUT2D eigenvalue weighted by Crippen LogP contribution is 2.09. The molecule has 0 unspecified atom stereocenters. The van der Waals surface area contributed by atoms with Gasteiger partial charge in [-0.15, -0.1) is 0 Å². The predicted molar refractivity (Wildman–Crippen MR) is 49.4 cm³/mol. The number of esters is 1.